The lowest BCUT2D eigenvalue weighted by atomic mass is 10.0. The lowest BCUT2D eigenvalue weighted by molar-refractivity contribution is -0.384. The molecule has 1 saturated heterocycles. The molecule has 182 valence electrons. The Balaban J connectivity index is 1.67. The van der Waals surface area contributed by atoms with Crippen molar-refractivity contribution in [2.45, 2.75) is 13.5 Å². The molecule has 9 nitrogen and oxygen atoms in total. The lowest BCUT2D eigenvalue weighted by Gasteiger charge is -2.27. The molecule has 1 fully saturated rings. The molecule has 0 atom stereocenters. The Kier molecular flexibility index (Phi) is 7.32. The second-order valence-corrected chi connectivity index (χ2v) is 9.62. The molecular formula is C25H17Br2N3O6. The highest BCUT2D eigenvalue weighted by Gasteiger charge is 2.37. The van der Waals surface area contributed by atoms with Crippen LogP contribution in [0.4, 0.5) is 16.2 Å². The number of carbonyl (C=O) groups is 3. The zero-order chi connectivity index (χ0) is 26.0. The number of imide groups is 2. The number of rotatable bonds is 6. The van der Waals surface area contributed by atoms with Gasteiger partial charge in [0.15, 0.2) is 0 Å². The van der Waals surface area contributed by atoms with Crippen LogP contribution in [0.2, 0.25) is 0 Å². The van der Waals surface area contributed by atoms with Gasteiger partial charge in [0.25, 0.3) is 17.5 Å². The minimum atomic E-state index is -0.844. The summed E-state index contributed by atoms with van der Waals surface area (Å²) >= 11 is 6.73. The number of nitrogens with one attached hydrogen (secondary N) is 1. The summed E-state index contributed by atoms with van der Waals surface area (Å²) in [4.78, 5) is 50.0. The minimum absolute atomic E-state index is 0.0162. The maximum Gasteiger partial charge on any atom is 0.335 e. The summed E-state index contributed by atoms with van der Waals surface area (Å²) in [5.41, 5.74) is 1.65. The maximum atomic E-state index is 13.3. The van der Waals surface area contributed by atoms with Crippen LogP contribution in [0.25, 0.3) is 6.08 Å². The Morgan fingerprint density at radius 1 is 1.03 bits per heavy atom. The number of hydrogen-bond donors (Lipinski definition) is 1. The molecule has 0 spiro atoms. The number of hydrogen-bond acceptors (Lipinski definition) is 6. The van der Waals surface area contributed by atoms with Gasteiger partial charge in [0.2, 0.25) is 0 Å². The van der Waals surface area contributed by atoms with Crippen molar-refractivity contribution >= 4 is 67.2 Å². The average molecular weight is 615 g/mol. The first-order valence-electron chi connectivity index (χ1n) is 10.5. The van der Waals surface area contributed by atoms with E-state index < -0.39 is 22.8 Å². The highest BCUT2D eigenvalue weighted by atomic mass is 79.9. The maximum absolute atomic E-state index is 13.3. The number of nitro benzene ring substituents is 1. The van der Waals surface area contributed by atoms with Crippen molar-refractivity contribution in [3.63, 3.8) is 0 Å². The molecule has 1 heterocycles. The van der Waals surface area contributed by atoms with E-state index in [4.69, 9.17) is 4.74 Å². The van der Waals surface area contributed by atoms with Crippen molar-refractivity contribution < 1.29 is 24.0 Å². The number of urea groups is 1. The third-order valence-corrected chi connectivity index (χ3v) is 6.28. The Bertz CT molecular complexity index is 1450. The van der Waals surface area contributed by atoms with Crippen molar-refractivity contribution in [3.8, 4) is 5.75 Å². The molecule has 4 amide bonds. The van der Waals surface area contributed by atoms with E-state index in [0.29, 0.717) is 32.6 Å². The van der Waals surface area contributed by atoms with Crippen LogP contribution in [0.5, 0.6) is 5.75 Å². The van der Waals surface area contributed by atoms with Gasteiger partial charge in [-0.1, -0.05) is 44.0 Å². The van der Waals surface area contributed by atoms with Crippen LogP contribution in [0.15, 0.2) is 75.2 Å². The molecule has 0 bridgehead atoms. The van der Waals surface area contributed by atoms with Gasteiger partial charge in [-0.3, -0.25) is 25.0 Å². The van der Waals surface area contributed by atoms with Crippen LogP contribution in [0, 0.1) is 17.0 Å². The summed E-state index contributed by atoms with van der Waals surface area (Å²) in [6, 6.07) is 15.2. The third-order valence-electron chi connectivity index (χ3n) is 5.29. The summed E-state index contributed by atoms with van der Waals surface area (Å²) < 4.78 is 7.32. The van der Waals surface area contributed by atoms with E-state index in [-0.39, 0.29) is 17.9 Å². The van der Waals surface area contributed by atoms with E-state index >= 15 is 0 Å². The van der Waals surface area contributed by atoms with Crippen LogP contribution in [0.1, 0.15) is 16.7 Å². The van der Waals surface area contributed by atoms with Gasteiger partial charge < -0.3 is 4.74 Å². The number of ether oxygens (including phenoxy) is 1. The second kappa shape index (κ2) is 10.4. The summed E-state index contributed by atoms with van der Waals surface area (Å²) in [5.74, 6) is -1.28. The normalized spacial score (nSPS) is 14.7. The Hall–Kier alpha value is -3.83. The quantitative estimate of drug-likeness (QED) is 0.165. The predicted octanol–water partition coefficient (Wildman–Crippen LogP) is 5.67. The number of barbiturate groups is 1. The minimum Gasteiger partial charge on any atom is -0.488 e. The van der Waals surface area contributed by atoms with E-state index in [9.17, 15) is 24.5 Å². The number of nitro groups is 1. The summed E-state index contributed by atoms with van der Waals surface area (Å²) in [6.45, 7) is 1.76. The van der Waals surface area contributed by atoms with E-state index in [1.165, 1.54) is 18.2 Å². The number of amides is 4. The molecule has 0 radical (unpaired) electrons. The first kappa shape index (κ1) is 25.3. The average Bonchev–Trinajstić information content (AvgIpc) is 2.82. The van der Waals surface area contributed by atoms with Crippen LogP contribution < -0.4 is 15.0 Å². The molecule has 3 aromatic rings. The van der Waals surface area contributed by atoms with E-state index in [1.54, 1.807) is 55.5 Å². The number of nitrogens with zero attached hydrogens (tertiary/aromatic N) is 2. The Labute approximate surface area is 222 Å². The molecule has 0 aromatic heterocycles. The molecule has 0 unspecified atom stereocenters. The van der Waals surface area contributed by atoms with Crippen molar-refractivity contribution in [2.24, 2.45) is 0 Å². The zero-order valence-corrected chi connectivity index (χ0v) is 21.8. The third kappa shape index (κ3) is 5.37. The van der Waals surface area contributed by atoms with Gasteiger partial charge in [0, 0.05) is 26.6 Å². The summed E-state index contributed by atoms with van der Waals surface area (Å²) in [7, 11) is 0. The van der Waals surface area contributed by atoms with Gasteiger partial charge in [-0.2, -0.15) is 0 Å². The Morgan fingerprint density at radius 2 is 1.75 bits per heavy atom. The predicted molar refractivity (Wildman–Crippen MR) is 139 cm³/mol. The van der Waals surface area contributed by atoms with Crippen molar-refractivity contribution in [1.29, 1.82) is 0 Å². The monoisotopic (exact) mass is 613 g/mol. The molecule has 0 aliphatic carbocycles. The summed E-state index contributed by atoms with van der Waals surface area (Å²) in [6.07, 6.45) is 1.35. The highest BCUT2D eigenvalue weighted by molar-refractivity contribution is 9.10. The van der Waals surface area contributed by atoms with Crippen LogP contribution in [-0.2, 0) is 16.2 Å². The first-order chi connectivity index (χ1) is 17.1. The number of non-ortho nitro benzene ring substituents is 1. The molecule has 1 aliphatic heterocycles. The molecule has 1 N–H and O–H groups in total. The SMILES string of the molecule is Cc1cc(Br)ccc1N1C(=O)NC(=O)/C(=C/c2cc(Br)ccc2OCc2cccc([N+](=O)[O-])c2)C1=O. The fourth-order valence-corrected chi connectivity index (χ4v) is 4.44. The largest absolute Gasteiger partial charge is 0.488 e. The topological polar surface area (TPSA) is 119 Å². The van der Waals surface area contributed by atoms with E-state index in [1.807, 2.05) is 0 Å². The lowest BCUT2D eigenvalue weighted by Crippen LogP contribution is -2.54. The second-order valence-electron chi connectivity index (χ2n) is 7.79. The molecule has 0 saturated carbocycles. The molecule has 4 rings (SSSR count). The molecule has 36 heavy (non-hydrogen) atoms. The van der Waals surface area contributed by atoms with E-state index in [0.717, 1.165) is 9.37 Å². The number of carbonyl (C=O) groups excluding carboxylic acids is 3. The van der Waals surface area contributed by atoms with E-state index in [2.05, 4.69) is 37.2 Å². The number of anilines is 1. The molecule has 11 heteroatoms. The highest BCUT2D eigenvalue weighted by Crippen LogP contribution is 2.30. The van der Waals surface area contributed by atoms with Gasteiger partial charge in [-0.15, -0.1) is 0 Å². The van der Waals surface area contributed by atoms with Crippen molar-refractivity contribution in [1.82, 2.24) is 5.32 Å². The first-order valence-corrected chi connectivity index (χ1v) is 12.1. The van der Waals surface area contributed by atoms with Crippen LogP contribution >= 0.6 is 31.9 Å². The Morgan fingerprint density at radius 3 is 2.47 bits per heavy atom. The van der Waals surface area contributed by atoms with Crippen LogP contribution in [-0.4, -0.2) is 22.8 Å². The van der Waals surface area contributed by atoms with Crippen LogP contribution in [0.3, 0.4) is 0 Å². The molecule has 1 aliphatic rings. The van der Waals surface area contributed by atoms with Gasteiger partial charge in [-0.25, -0.2) is 9.69 Å². The smallest absolute Gasteiger partial charge is 0.335 e. The number of benzene rings is 3. The number of aryl methyl sites for hydroxylation is 1. The number of halogens is 2. The molecule has 3 aromatic carbocycles. The fourth-order valence-electron chi connectivity index (χ4n) is 3.59. The zero-order valence-electron chi connectivity index (χ0n) is 18.7. The van der Waals surface area contributed by atoms with Gasteiger partial charge in [0.05, 0.1) is 10.6 Å². The van der Waals surface area contributed by atoms with Gasteiger partial charge >= 0.3 is 6.03 Å². The molecular weight excluding hydrogens is 598 g/mol. The van der Waals surface area contributed by atoms with Crippen molar-refractivity contribution in [3.05, 3.63) is 102 Å². The standard InChI is InChI=1S/C25H17Br2N3O6/c1-14-9-17(26)5-7-21(14)29-24(32)20(23(31)28-25(29)33)12-16-11-18(27)6-8-22(16)36-13-15-3-2-4-19(10-15)30(34)35/h2-12H,13H2,1H3,(H,28,31,33)/b20-12-. The summed E-state index contributed by atoms with van der Waals surface area (Å²) in [5, 5.41) is 13.3. The fraction of sp³-hybridized carbons (Fsp3) is 0.0800. The van der Waals surface area contributed by atoms with Crippen molar-refractivity contribution in [2.75, 3.05) is 4.90 Å². The van der Waals surface area contributed by atoms with Gasteiger partial charge in [0.1, 0.15) is 17.9 Å². The van der Waals surface area contributed by atoms with Gasteiger partial charge in [-0.05, 0) is 60.5 Å².